The van der Waals surface area contributed by atoms with Crippen LogP contribution >= 0.6 is 12.4 Å². The molecule has 0 saturated heterocycles. The lowest BCUT2D eigenvalue weighted by Crippen LogP contribution is -2.34. The van der Waals surface area contributed by atoms with Crippen LogP contribution in [0.5, 0.6) is 0 Å². The van der Waals surface area contributed by atoms with Crippen molar-refractivity contribution in [2.45, 2.75) is 39.2 Å². The van der Waals surface area contributed by atoms with E-state index in [9.17, 15) is 4.79 Å². The predicted octanol–water partition coefficient (Wildman–Crippen LogP) is 4.53. The maximum absolute atomic E-state index is 12.5. The standard InChI is InChI=1S/C20H26N2O.ClH/c1-3-16(4-2)20(17-8-6-5-7-9-17)22-19(23)14-15-10-12-18(21)13-11-15;/h5-13,16,20H,3-4,14,21H2,1-2H3,(H,22,23);1H. The maximum atomic E-state index is 12.5. The van der Waals surface area contributed by atoms with Crippen LogP contribution in [0.15, 0.2) is 54.6 Å². The highest BCUT2D eigenvalue weighted by molar-refractivity contribution is 5.85. The van der Waals surface area contributed by atoms with E-state index in [2.05, 4.69) is 31.3 Å². The number of hydrogen-bond donors (Lipinski definition) is 2. The van der Waals surface area contributed by atoms with Gasteiger partial charge in [0.2, 0.25) is 5.91 Å². The molecule has 4 heteroatoms. The van der Waals surface area contributed by atoms with Crippen LogP contribution in [0.25, 0.3) is 0 Å². The highest BCUT2D eigenvalue weighted by Crippen LogP contribution is 2.27. The molecule has 0 aliphatic heterocycles. The highest BCUT2D eigenvalue weighted by Gasteiger charge is 2.22. The van der Waals surface area contributed by atoms with E-state index in [-0.39, 0.29) is 24.4 Å². The van der Waals surface area contributed by atoms with Crippen LogP contribution < -0.4 is 11.1 Å². The molecule has 2 aromatic carbocycles. The summed E-state index contributed by atoms with van der Waals surface area (Å²) in [5.74, 6) is 0.489. The van der Waals surface area contributed by atoms with Gasteiger partial charge < -0.3 is 11.1 Å². The number of nitrogen functional groups attached to an aromatic ring is 1. The van der Waals surface area contributed by atoms with Gasteiger partial charge in [0.25, 0.3) is 0 Å². The monoisotopic (exact) mass is 346 g/mol. The summed E-state index contributed by atoms with van der Waals surface area (Å²) in [5.41, 5.74) is 8.56. The third kappa shape index (κ3) is 5.57. The second-order valence-electron chi connectivity index (χ2n) is 5.95. The van der Waals surface area contributed by atoms with Crippen molar-refractivity contribution in [2.75, 3.05) is 5.73 Å². The first-order chi connectivity index (χ1) is 11.1. The van der Waals surface area contributed by atoms with Crippen molar-refractivity contribution in [3.63, 3.8) is 0 Å². The summed E-state index contributed by atoms with van der Waals surface area (Å²) in [5, 5.41) is 3.23. The fourth-order valence-corrected chi connectivity index (χ4v) is 2.94. The number of carbonyl (C=O) groups excluding carboxylic acids is 1. The molecule has 0 aliphatic rings. The fraction of sp³-hybridized carbons (Fsp3) is 0.350. The molecule has 0 fully saturated rings. The summed E-state index contributed by atoms with van der Waals surface area (Å²) in [6.07, 6.45) is 2.46. The Morgan fingerprint density at radius 1 is 1.00 bits per heavy atom. The average Bonchev–Trinajstić information content (AvgIpc) is 2.58. The molecule has 2 aromatic rings. The first-order valence-electron chi connectivity index (χ1n) is 8.32. The van der Waals surface area contributed by atoms with Crippen LogP contribution in [-0.4, -0.2) is 5.91 Å². The maximum Gasteiger partial charge on any atom is 0.224 e. The number of carbonyl (C=O) groups is 1. The van der Waals surface area contributed by atoms with Crippen molar-refractivity contribution in [2.24, 2.45) is 5.92 Å². The Labute approximate surface area is 151 Å². The van der Waals surface area contributed by atoms with Crippen molar-refractivity contribution in [1.82, 2.24) is 5.32 Å². The molecule has 2 rings (SSSR count). The van der Waals surface area contributed by atoms with Crippen molar-refractivity contribution >= 4 is 24.0 Å². The number of rotatable bonds is 7. The molecule has 1 unspecified atom stereocenters. The number of anilines is 1. The number of benzene rings is 2. The normalized spacial score (nSPS) is 11.6. The van der Waals surface area contributed by atoms with Gasteiger partial charge in [-0.3, -0.25) is 4.79 Å². The van der Waals surface area contributed by atoms with E-state index < -0.39 is 0 Å². The first kappa shape index (κ1) is 20.0. The summed E-state index contributed by atoms with van der Waals surface area (Å²) >= 11 is 0. The molecular weight excluding hydrogens is 320 g/mol. The molecule has 0 heterocycles. The molecule has 24 heavy (non-hydrogen) atoms. The van der Waals surface area contributed by atoms with E-state index >= 15 is 0 Å². The molecule has 0 spiro atoms. The second-order valence-corrected chi connectivity index (χ2v) is 5.95. The largest absolute Gasteiger partial charge is 0.399 e. The molecule has 0 bridgehead atoms. The molecule has 3 nitrogen and oxygen atoms in total. The second kappa shape index (κ2) is 9.99. The molecule has 0 saturated carbocycles. The molecule has 3 N–H and O–H groups in total. The van der Waals surface area contributed by atoms with Gasteiger partial charge in [0, 0.05) is 5.69 Å². The van der Waals surface area contributed by atoms with Crippen LogP contribution in [-0.2, 0) is 11.2 Å². The van der Waals surface area contributed by atoms with E-state index in [0.29, 0.717) is 18.0 Å². The summed E-state index contributed by atoms with van der Waals surface area (Å²) in [6, 6.07) is 17.8. The van der Waals surface area contributed by atoms with Gasteiger partial charge in [-0.15, -0.1) is 12.4 Å². The van der Waals surface area contributed by atoms with Crippen LogP contribution in [0.1, 0.15) is 43.9 Å². The highest BCUT2D eigenvalue weighted by atomic mass is 35.5. The molecular formula is C20H27ClN2O. The minimum atomic E-state index is 0. The van der Waals surface area contributed by atoms with Crippen LogP contribution in [0, 0.1) is 5.92 Å². The van der Waals surface area contributed by atoms with Crippen LogP contribution in [0.3, 0.4) is 0 Å². The number of nitrogens with two attached hydrogens (primary N) is 1. The van der Waals surface area contributed by atoms with Crippen LogP contribution in [0.2, 0.25) is 0 Å². The van der Waals surface area contributed by atoms with Gasteiger partial charge in [0.1, 0.15) is 0 Å². The van der Waals surface area contributed by atoms with Crippen molar-refractivity contribution in [3.8, 4) is 0 Å². The lowest BCUT2D eigenvalue weighted by atomic mass is 9.88. The quantitative estimate of drug-likeness (QED) is 0.724. The third-order valence-electron chi connectivity index (χ3n) is 4.34. The third-order valence-corrected chi connectivity index (χ3v) is 4.34. The van der Waals surface area contributed by atoms with Gasteiger partial charge in [-0.05, 0) is 29.2 Å². The molecule has 1 atom stereocenters. The van der Waals surface area contributed by atoms with E-state index in [1.165, 1.54) is 5.56 Å². The number of hydrogen-bond acceptors (Lipinski definition) is 2. The Morgan fingerprint density at radius 3 is 2.12 bits per heavy atom. The fourth-order valence-electron chi connectivity index (χ4n) is 2.94. The van der Waals surface area contributed by atoms with Gasteiger partial charge in [-0.1, -0.05) is 69.2 Å². The van der Waals surface area contributed by atoms with E-state index in [4.69, 9.17) is 5.73 Å². The van der Waals surface area contributed by atoms with Gasteiger partial charge in [-0.25, -0.2) is 0 Å². The summed E-state index contributed by atoms with van der Waals surface area (Å²) in [7, 11) is 0. The number of nitrogens with one attached hydrogen (secondary N) is 1. The Morgan fingerprint density at radius 2 is 1.58 bits per heavy atom. The molecule has 0 aliphatic carbocycles. The van der Waals surface area contributed by atoms with E-state index in [1.54, 1.807) is 0 Å². The Bertz CT molecular complexity index is 609. The Hall–Kier alpha value is -2.00. The predicted molar refractivity (Wildman–Crippen MR) is 103 cm³/mol. The molecule has 1 amide bonds. The SMILES string of the molecule is CCC(CC)C(NC(=O)Cc1ccc(N)cc1)c1ccccc1.Cl. The lowest BCUT2D eigenvalue weighted by molar-refractivity contribution is -0.121. The average molecular weight is 347 g/mol. The topological polar surface area (TPSA) is 55.1 Å². The van der Waals surface area contributed by atoms with Gasteiger partial charge in [-0.2, -0.15) is 0 Å². The first-order valence-corrected chi connectivity index (χ1v) is 8.32. The van der Waals surface area contributed by atoms with E-state index in [0.717, 1.165) is 18.4 Å². The molecule has 130 valence electrons. The summed E-state index contributed by atoms with van der Waals surface area (Å²) in [6.45, 7) is 4.35. The minimum Gasteiger partial charge on any atom is -0.399 e. The van der Waals surface area contributed by atoms with Gasteiger partial charge in [0.15, 0.2) is 0 Å². The zero-order chi connectivity index (χ0) is 16.7. The summed E-state index contributed by atoms with van der Waals surface area (Å²) < 4.78 is 0. The summed E-state index contributed by atoms with van der Waals surface area (Å²) in [4.78, 5) is 12.5. The van der Waals surface area contributed by atoms with Crippen molar-refractivity contribution < 1.29 is 4.79 Å². The number of halogens is 1. The zero-order valence-corrected chi connectivity index (χ0v) is 15.2. The van der Waals surface area contributed by atoms with Crippen molar-refractivity contribution in [1.29, 1.82) is 0 Å². The molecule has 0 aromatic heterocycles. The number of amides is 1. The van der Waals surface area contributed by atoms with Crippen LogP contribution in [0.4, 0.5) is 5.69 Å². The minimum absolute atomic E-state index is 0. The smallest absolute Gasteiger partial charge is 0.224 e. The van der Waals surface area contributed by atoms with Crippen molar-refractivity contribution in [3.05, 3.63) is 65.7 Å². The Balaban J connectivity index is 0.00000288. The molecule has 0 radical (unpaired) electrons. The van der Waals surface area contributed by atoms with Gasteiger partial charge in [0.05, 0.1) is 12.5 Å². The van der Waals surface area contributed by atoms with Gasteiger partial charge >= 0.3 is 0 Å². The Kier molecular flexibility index (Phi) is 8.34. The lowest BCUT2D eigenvalue weighted by Gasteiger charge is -2.27. The van der Waals surface area contributed by atoms with E-state index in [1.807, 2.05) is 42.5 Å². The zero-order valence-electron chi connectivity index (χ0n) is 14.4.